The second-order valence-corrected chi connectivity index (χ2v) is 7.23. The molecular formula is C24H23FN4O3. The summed E-state index contributed by atoms with van der Waals surface area (Å²) >= 11 is 0. The van der Waals surface area contributed by atoms with Gasteiger partial charge in [-0.25, -0.2) is 8.91 Å². The van der Waals surface area contributed by atoms with Gasteiger partial charge in [-0.1, -0.05) is 18.2 Å². The number of hydrogen-bond acceptors (Lipinski definition) is 4. The lowest BCUT2D eigenvalue weighted by Gasteiger charge is -2.11. The standard InChI is InChI=1S/C24H23FN4O3/c1-2-32-22-6-4-3-5-18(22)16-26-23(30)11-12-28-13-14-29-21(24(28)31)15-20(27-29)17-7-9-19(25)10-8-17/h3-10,13-15H,2,11-12,16H2,1H3,(H,26,30). The summed E-state index contributed by atoms with van der Waals surface area (Å²) in [5.74, 6) is 0.248. The Morgan fingerprint density at radius 3 is 2.69 bits per heavy atom. The van der Waals surface area contributed by atoms with Gasteiger partial charge in [-0.15, -0.1) is 0 Å². The molecule has 1 amide bonds. The van der Waals surface area contributed by atoms with Gasteiger partial charge >= 0.3 is 0 Å². The lowest BCUT2D eigenvalue weighted by Crippen LogP contribution is -2.27. The van der Waals surface area contributed by atoms with Crippen LogP contribution in [0.2, 0.25) is 0 Å². The predicted octanol–water partition coefficient (Wildman–Crippen LogP) is 3.41. The van der Waals surface area contributed by atoms with E-state index in [9.17, 15) is 14.0 Å². The molecule has 2 heterocycles. The minimum absolute atomic E-state index is 0.159. The second kappa shape index (κ2) is 9.47. The largest absolute Gasteiger partial charge is 0.494 e. The number of rotatable bonds is 8. The van der Waals surface area contributed by atoms with Gasteiger partial charge < -0.3 is 14.6 Å². The van der Waals surface area contributed by atoms with Crippen LogP contribution in [0, 0.1) is 5.82 Å². The summed E-state index contributed by atoms with van der Waals surface area (Å²) in [7, 11) is 0. The van der Waals surface area contributed by atoms with Crippen molar-refractivity contribution in [3.05, 3.63) is 88.7 Å². The molecule has 0 aliphatic rings. The maximum absolute atomic E-state index is 13.2. The molecule has 0 bridgehead atoms. The Kier molecular flexibility index (Phi) is 6.30. The molecule has 1 N–H and O–H groups in total. The highest BCUT2D eigenvalue weighted by Crippen LogP contribution is 2.19. The third-order valence-corrected chi connectivity index (χ3v) is 5.07. The molecule has 0 fully saturated rings. The number of ether oxygens (including phenoxy) is 1. The second-order valence-electron chi connectivity index (χ2n) is 7.23. The predicted molar refractivity (Wildman–Crippen MR) is 119 cm³/mol. The summed E-state index contributed by atoms with van der Waals surface area (Å²) < 4.78 is 21.7. The number of benzene rings is 2. The summed E-state index contributed by atoms with van der Waals surface area (Å²) in [4.78, 5) is 25.2. The molecule has 4 aromatic rings. The van der Waals surface area contributed by atoms with Crippen molar-refractivity contribution >= 4 is 11.4 Å². The monoisotopic (exact) mass is 434 g/mol. The molecule has 0 saturated carbocycles. The van der Waals surface area contributed by atoms with Gasteiger partial charge in [0.1, 0.15) is 17.1 Å². The van der Waals surface area contributed by atoms with Gasteiger partial charge in [0.15, 0.2) is 0 Å². The van der Waals surface area contributed by atoms with E-state index in [0.717, 1.165) is 11.3 Å². The van der Waals surface area contributed by atoms with Gasteiger partial charge in [0.2, 0.25) is 5.91 Å². The number of para-hydroxylation sites is 1. The van der Waals surface area contributed by atoms with Crippen molar-refractivity contribution in [2.45, 2.75) is 26.4 Å². The molecule has 2 aromatic carbocycles. The first kappa shape index (κ1) is 21.3. The molecular weight excluding hydrogens is 411 g/mol. The van der Waals surface area contributed by atoms with Crippen LogP contribution in [0.25, 0.3) is 16.8 Å². The van der Waals surface area contributed by atoms with E-state index in [0.29, 0.717) is 29.9 Å². The van der Waals surface area contributed by atoms with Crippen molar-refractivity contribution < 1.29 is 13.9 Å². The smallest absolute Gasteiger partial charge is 0.276 e. The van der Waals surface area contributed by atoms with Gasteiger partial charge in [0.05, 0.1) is 12.3 Å². The molecule has 0 radical (unpaired) electrons. The maximum atomic E-state index is 13.2. The first-order valence-electron chi connectivity index (χ1n) is 10.4. The van der Waals surface area contributed by atoms with Crippen molar-refractivity contribution in [3.63, 3.8) is 0 Å². The Bertz CT molecular complexity index is 1290. The van der Waals surface area contributed by atoms with Gasteiger partial charge in [-0.3, -0.25) is 9.59 Å². The third kappa shape index (κ3) is 4.69. The fourth-order valence-electron chi connectivity index (χ4n) is 3.41. The molecule has 4 rings (SSSR count). The topological polar surface area (TPSA) is 77.6 Å². The summed E-state index contributed by atoms with van der Waals surface area (Å²) in [5.41, 5.74) is 2.33. The molecule has 0 saturated heterocycles. The number of carbonyl (C=O) groups is 1. The molecule has 32 heavy (non-hydrogen) atoms. The summed E-state index contributed by atoms with van der Waals surface area (Å²) in [6, 6.07) is 15.1. The first-order valence-corrected chi connectivity index (χ1v) is 10.4. The number of amides is 1. The molecule has 0 atom stereocenters. The maximum Gasteiger partial charge on any atom is 0.276 e. The van der Waals surface area contributed by atoms with E-state index in [2.05, 4.69) is 10.4 Å². The van der Waals surface area contributed by atoms with Crippen molar-refractivity contribution in [1.29, 1.82) is 0 Å². The van der Waals surface area contributed by atoms with Crippen LogP contribution in [0.3, 0.4) is 0 Å². The molecule has 0 spiro atoms. The number of nitrogens with one attached hydrogen (secondary N) is 1. The normalized spacial score (nSPS) is 10.9. The van der Waals surface area contributed by atoms with E-state index in [4.69, 9.17) is 4.74 Å². The lowest BCUT2D eigenvalue weighted by molar-refractivity contribution is -0.121. The fourth-order valence-corrected chi connectivity index (χ4v) is 3.41. The Morgan fingerprint density at radius 2 is 1.91 bits per heavy atom. The van der Waals surface area contributed by atoms with Gasteiger partial charge in [0.25, 0.3) is 5.56 Å². The average molecular weight is 434 g/mol. The zero-order valence-corrected chi connectivity index (χ0v) is 17.6. The van der Waals surface area contributed by atoms with Gasteiger partial charge in [0, 0.05) is 43.0 Å². The van der Waals surface area contributed by atoms with Crippen LogP contribution < -0.4 is 15.6 Å². The van der Waals surface area contributed by atoms with Gasteiger partial charge in [-0.2, -0.15) is 5.10 Å². The van der Waals surface area contributed by atoms with E-state index in [1.54, 1.807) is 30.6 Å². The summed E-state index contributed by atoms with van der Waals surface area (Å²) in [5, 5.41) is 7.26. The van der Waals surface area contributed by atoms with Gasteiger partial charge in [-0.05, 0) is 43.3 Å². The molecule has 7 nitrogen and oxygen atoms in total. The number of hydrogen-bond donors (Lipinski definition) is 1. The van der Waals surface area contributed by atoms with E-state index in [1.807, 2.05) is 31.2 Å². The van der Waals surface area contributed by atoms with E-state index >= 15 is 0 Å². The van der Waals surface area contributed by atoms with Crippen LogP contribution >= 0.6 is 0 Å². The van der Waals surface area contributed by atoms with Crippen molar-refractivity contribution in [1.82, 2.24) is 19.5 Å². The number of fused-ring (bicyclic) bond motifs is 1. The van der Waals surface area contributed by atoms with Crippen molar-refractivity contribution in [3.8, 4) is 17.0 Å². The van der Waals surface area contributed by atoms with E-state index in [-0.39, 0.29) is 30.2 Å². The van der Waals surface area contributed by atoms with Crippen LogP contribution in [0.5, 0.6) is 5.75 Å². The number of carbonyl (C=O) groups excluding carboxylic acids is 1. The van der Waals surface area contributed by atoms with E-state index < -0.39 is 0 Å². The Hall–Kier alpha value is -3.94. The number of nitrogens with zero attached hydrogens (tertiary/aromatic N) is 3. The Morgan fingerprint density at radius 1 is 1.12 bits per heavy atom. The number of halogens is 1. The number of aryl methyl sites for hydroxylation is 1. The number of aromatic nitrogens is 3. The Balaban J connectivity index is 1.42. The van der Waals surface area contributed by atoms with Crippen LogP contribution in [-0.2, 0) is 17.9 Å². The first-order chi connectivity index (χ1) is 15.5. The molecule has 0 unspecified atom stereocenters. The zero-order chi connectivity index (χ0) is 22.5. The highest BCUT2D eigenvalue weighted by molar-refractivity contribution is 5.76. The van der Waals surface area contributed by atoms with Crippen molar-refractivity contribution in [2.75, 3.05) is 6.61 Å². The summed E-state index contributed by atoms with van der Waals surface area (Å²) in [6.07, 6.45) is 3.43. The van der Waals surface area contributed by atoms with Crippen LogP contribution in [0.1, 0.15) is 18.9 Å². The van der Waals surface area contributed by atoms with Crippen LogP contribution in [-0.4, -0.2) is 26.7 Å². The highest BCUT2D eigenvalue weighted by atomic mass is 19.1. The SMILES string of the molecule is CCOc1ccccc1CNC(=O)CCn1ccn2nc(-c3ccc(F)cc3)cc2c1=O. The minimum atomic E-state index is -0.334. The van der Waals surface area contributed by atoms with E-state index in [1.165, 1.54) is 21.2 Å². The molecule has 2 aromatic heterocycles. The zero-order valence-electron chi connectivity index (χ0n) is 17.6. The molecule has 0 aliphatic carbocycles. The third-order valence-electron chi connectivity index (χ3n) is 5.07. The summed E-state index contributed by atoms with van der Waals surface area (Å²) in [6.45, 7) is 3.05. The molecule has 164 valence electrons. The minimum Gasteiger partial charge on any atom is -0.494 e. The molecule has 0 aliphatic heterocycles. The van der Waals surface area contributed by atoms with Crippen LogP contribution in [0.4, 0.5) is 4.39 Å². The van der Waals surface area contributed by atoms with Crippen molar-refractivity contribution in [2.24, 2.45) is 0 Å². The lowest BCUT2D eigenvalue weighted by atomic mass is 10.1. The Labute approximate surface area is 184 Å². The molecule has 8 heteroatoms. The highest BCUT2D eigenvalue weighted by Gasteiger charge is 2.11. The fraction of sp³-hybridized carbons (Fsp3) is 0.208. The quantitative estimate of drug-likeness (QED) is 0.461. The van der Waals surface area contributed by atoms with Crippen LogP contribution in [0.15, 0.2) is 71.8 Å². The average Bonchev–Trinajstić information content (AvgIpc) is 3.24.